The maximum absolute atomic E-state index is 13.9. The van der Waals surface area contributed by atoms with Gasteiger partial charge in [-0.05, 0) is 80.0 Å². The van der Waals surface area contributed by atoms with Crippen LogP contribution < -0.4 is 0 Å². The van der Waals surface area contributed by atoms with Gasteiger partial charge in [0.15, 0.2) is 0 Å². The minimum atomic E-state index is -0.685. The van der Waals surface area contributed by atoms with Crippen molar-refractivity contribution in [2.45, 2.75) is 64.7 Å². The summed E-state index contributed by atoms with van der Waals surface area (Å²) in [6.07, 6.45) is 7.16. The highest BCUT2D eigenvalue weighted by Gasteiger charge is 2.31. The number of likely N-dealkylation sites (tertiary alicyclic amines) is 1. The van der Waals surface area contributed by atoms with Gasteiger partial charge in [-0.15, -0.1) is 0 Å². The Morgan fingerprint density at radius 3 is 2.28 bits per heavy atom. The molecule has 1 fully saturated rings. The van der Waals surface area contributed by atoms with E-state index in [1.807, 2.05) is 0 Å². The van der Waals surface area contributed by atoms with Gasteiger partial charge in [0.25, 0.3) is 0 Å². The highest BCUT2D eigenvalue weighted by molar-refractivity contribution is 5.71. The maximum atomic E-state index is 13.9. The normalized spacial score (nSPS) is 15.5. The summed E-state index contributed by atoms with van der Waals surface area (Å²) >= 11 is 0. The topological polar surface area (TPSA) is 40.5 Å². The molecule has 1 unspecified atom stereocenters. The minimum absolute atomic E-state index is 0.0938. The number of carbonyl (C=O) groups is 1. The van der Waals surface area contributed by atoms with Gasteiger partial charge in [-0.25, -0.2) is 8.78 Å². The molecule has 2 aromatic rings. The Bertz CT molecular complexity index is 888. The largest absolute Gasteiger partial charge is 0.481 e. The number of aliphatic carboxylic acids is 1. The second kappa shape index (κ2) is 11.6. The van der Waals surface area contributed by atoms with Crippen molar-refractivity contribution in [3.8, 4) is 0 Å². The number of carboxylic acids is 1. The van der Waals surface area contributed by atoms with Crippen LogP contribution in [0.3, 0.4) is 0 Å². The van der Waals surface area contributed by atoms with Crippen molar-refractivity contribution in [2.75, 3.05) is 19.6 Å². The molecule has 0 saturated carbocycles. The standard InChI is InChI=1S/C27H35F2NO2/c1-19-9-10-21(12-20(19)2)13-22(23-14-25(28)16-26(29)15-23)8-6-4-3-5-7-11-30-17-24(18-30)27(31)32/h9-10,12,14-16,22,24H,3-8,11,13,17-18H2,1-2H3,(H,31,32). The molecule has 1 aliphatic heterocycles. The number of nitrogens with zero attached hydrogens (tertiary/aromatic N) is 1. The molecule has 0 amide bonds. The summed E-state index contributed by atoms with van der Waals surface area (Å²) in [4.78, 5) is 13.1. The second-order valence-corrected chi connectivity index (χ2v) is 9.37. The SMILES string of the molecule is Cc1ccc(CC(CCCCCCCN2CC(C(=O)O)C2)c2cc(F)cc(F)c2)cc1C. The number of hydrogen-bond donors (Lipinski definition) is 1. The molecule has 0 spiro atoms. The molecule has 3 rings (SSSR count). The first-order valence-electron chi connectivity index (χ1n) is 11.8. The lowest BCUT2D eigenvalue weighted by Gasteiger charge is -2.36. The van der Waals surface area contributed by atoms with Crippen LogP contribution in [0.5, 0.6) is 0 Å². The number of halogens is 2. The zero-order valence-electron chi connectivity index (χ0n) is 19.2. The molecule has 0 aromatic heterocycles. The van der Waals surface area contributed by atoms with Crippen LogP contribution in [0.25, 0.3) is 0 Å². The molecule has 0 radical (unpaired) electrons. The lowest BCUT2D eigenvalue weighted by Crippen LogP contribution is -2.50. The molecule has 0 aliphatic carbocycles. The highest BCUT2D eigenvalue weighted by atomic mass is 19.1. The van der Waals surface area contributed by atoms with E-state index < -0.39 is 17.6 Å². The number of carboxylic acid groups (broad SMARTS) is 1. The molecule has 2 aromatic carbocycles. The Labute approximate surface area is 190 Å². The molecule has 1 atom stereocenters. The molecule has 3 nitrogen and oxygen atoms in total. The summed E-state index contributed by atoms with van der Waals surface area (Å²) in [5.74, 6) is -1.80. The third-order valence-corrected chi connectivity index (χ3v) is 6.74. The first kappa shape index (κ1) is 24.4. The summed E-state index contributed by atoms with van der Waals surface area (Å²) < 4.78 is 27.7. The summed E-state index contributed by atoms with van der Waals surface area (Å²) in [6, 6.07) is 10.3. The summed E-state index contributed by atoms with van der Waals surface area (Å²) in [6.45, 7) is 6.52. The molecule has 1 saturated heterocycles. The van der Waals surface area contributed by atoms with Crippen molar-refractivity contribution in [3.63, 3.8) is 0 Å². The van der Waals surface area contributed by atoms with Gasteiger partial charge in [-0.1, -0.05) is 43.9 Å². The highest BCUT2D eigenvalue weighted by Crippen LogP contribution is 2.29. The third-order valence-electron chi connectivity index (χ3n) is 6.74. The van der Waals surface area contributed by atoms with E-state index in [0.29, 0.717) is 13.1 Å². The first-order chi connectivity index (χ1) is 15.3. The average Bonchev–Trinajstić information content (AvgIpc) is 2.69. The number of benzene rings is 2. The van der Waals surface area contributed by atoms with E-state index in [4.69, 9.17) is 5.11 Å². The summed E-state index contributed by atoms with van der Waals surface area (Å²) in [5.41, 5.74) is 4.44. The number of rotatable bonds is 12. The van der Waals surface area contributed by atoms with Gasteiger partial charge in [0, 0.05) is 19.2 Å². The van der Waals surface area contributed by atoms with Crippen LogP contribution in [0.4, 0.5) is 8.78 Å². The average molecular weight is 444 g/mol. The summed E-state index contributed by atoms with van der Waals surface area (Å²) in [5, 5.41) is 8.93. The Balaban J connectivity index is 1.46. The van der Waals surface area contributed by atoms with Crippen LogP contribution in [0, 0.1) is 31.4 Å². The van der Waals surface area contributed by atoms with E-state index in [9.17, 15) is 13.6 Å². The molecule has 1 aliphatic rings. The van der Waals surface area contributed by atoms with Gasteiger partial charge in [0.2, 0.25) is 0 Å². The van der Waals surface area contributed by atoms with Crippen molar-refractivity contribution >= 4 is 5.97 Å². The fraction of sp³-hybridized carbons (Fsp3) is 0.519. The fourth-order valence-electron chi connectivity index (χ4n) is 4.58. The minimum Gasteiger partial charge on any atom is -0.481 e. The molecule has 1 heterocycles. The third kappa shape index (κ3) is 7.13. The molecule has 1 N–H and O–H groups in total. The Morgan fingerprint density at radius 1 is 0.969 bits per heavy atom. The zero-order valence-corrected chi connectivity index (χ0v) is 19.2. The molecule has 174 valence electrons. The quantitative estimate of drug-likeness (QED) is 0.393. The number of unbranched alkanes of at least 4 members (excludes halogenated alkanes) is 4. The van der Waals surface area contributed by atoms with Crippen LogP contribution in [0.2, 0.25) is 0 Å². The van der Waals surface area contributed by atoms with Gasteiger partial charge in [0.05, 0.1) is 5.92 Å². The van der Waals surface area contributed by atoms with Crippen molar-refractivity contribution in [1.82, 2.24) is 4.90 Å². The van der Waals surface area contributed by atoms with Crippen LogP contribution in [-0.2, 0) is 11.2 Å². The Morgan fingerprint density at radius 2 is 1.62 bits per heavy atom. The van der Waals surface area contributed by atoms with Gasteiger partial charge < -0.3 is 10.0 Å². The van der Waals surface area contributed by atoms with Crippen molar-refractivity contribution in [2.24, 2.45) is 5.92 Å². The van der Waals surface area contributed by atoms with Crippen LogP contribution >= 0.6 is 0 Å². The number of hydrogen-bond acceptors (Lipinski definition) is 2. The van der Waals surface area contributed by atoms with Crippen LogP contribution in [0.15, 0.2) is 36.4 Å². The maximum Gasteiger partial charge on any atom is 0.309 e. The predicted molar refractivity (Wildman–Crippen MR) is 124 cm³/mol. The van der Waals surface area contributed by atoms with E-state index in [1.54, 1.807) is 0 Å². The Hall–Kier alpha value is -2.27. The van der Waals surface area contributed by atoms with E-state index in [0.717, 1.165) is 63.1 Å². The van der Waals surface area contributed by atoms with Crippen molar-refractivity contribution in [3.05, 3.63) is 70.3 Å². The summed E-state index contributed by atoms with van der Waals surface area (Å²) in [7, 11) is 0. The van der Waals surface area contributed by atoms with Gasteiger partial charge in [0.1, 0.15) is 11.6 Å². The predicted octanol–water partition coefficient (Wildman–Crippen LogP) is 6.26. The van der Waals surface area contributed by atoms with Crippen molar-refractivity contribution < 1.29 is 18.7 Å². The van der Waals surface area contributed by atoms with E-state index >= 15 is 0 Å². The van der Waals surface area contributed by atoms with E-state index in [2.05, 4.69) is 36.9 Å². The van der Waals surface area contributed by atoms with E-state index in [-0.39, 0.29) is 11.8 Å². The molecule has 5 heteroatoms. The van der Waals surface area contributed by atoms with Crippen LogP contribution in [-0.4, -0.2) is 35.6 Å². The van der Waals surface area contributed by atoms with E-state index in [1.165, 1.54) is 28.8 Å². The monoisotopic (exact) mass is 443 g/mol. The Kier molecular flexibility index (Phi) is 8.80. The second-order valence-electron chi connectivity index (χ2n) is 9.37. The lowest BCUT2D eigenvalue weighted by molar-refractivity contribution is -0.147. The molecular weight excluding hydrogens is 408 g/mol. The van der Waals surface area contributed by atoms with Gasteiger partial charge in [-0.2, -0.15) is 0 Å². The zero-order chi connectivity index (χ0) is 23.1. The van der Waals surface area contributed by atoms with Gasteiger partial charge in [-0.3, -0.25) is 4.79 Å². The molecular formula is C27H35F2NO2. The molecule has 32 heavy (non-hydrogen) atoms. The number of aryl methyl sites for hydroxylation is 2. The van der Waals surface area contributed by atoms with Gasteiger partial charge >= 0.3 is 5.97 Å². The first-order valence-corrected chi connectivity index (χ1v) is 11.8. The molecule has 0 bridgehead atoms. The lowest BCUT2D eigenvalue weighted by atomic mass is 9.86. The van der Waals surface area contributed by atoms with Crippen LogP contribution in [0.1, 0.15) is 66.7 Å². The fourth-order valence-corrected chi connectivity index (χ4v) is 4.58. The smallest absolute Gasteiger partial charge is 0.309 e. The van der Waals surface area contributed by atoms with Crippen molar-refractivity contribution in [1.29, 1.82) is 0 Å².